The molecule has 6 nitrogen and oxygen atoms in total. The zero-order chi connectivity index (χ0) is 19.3. The van der Waals surface area contributed by atoms with E-state index in [1.54, 1.807) is 18.6 Å². The maximum atomic E-state index is 12.1. The monoisotopic (exact) mass is 371 g/mol. The van der Waals surface area contributed by atoms with Crippen LogP contribution in [0.4, 0.5) is 0 Å². The second-order valence-corrected chi connectivity index (χ2v) is 6.65. The van der Waals surface area contributed by atoms with E-state index in [1.807, 2.05) is 47.9 Å². The summed E-state index contributed by atoms with van der Waals surface area (Å²) >= 11 is 0. The Labute approximate surface area is 163 Å². The van der Waals surface area contributed by atoms with E-state index in [9.17, 15) is 4.79 Å². The Morgan fingerprint density at radius 1 is 1.04 bits per heavy atom. The lowest BCUT2D eigenvalue weighted by molar-refractivity contribution is -0.121. The minimum absolute atomic E-state index is 0.0357. The molecule has 0 saturated heterocycles. The number of hydrogen-bond acceptors (Lipinski definition) is 4. The molecule has 1 aromatic carbocycles. The lowest BCUT2D eigenvalue weighted by Crippen LogP contribution is -2.23. The molecule has 0 spiro atoms. The van der Waals surface area contributed by atoms with Gasteiger partial charge >= 0.3 is 0 Å². The Hall–Kier alpha value is -3.54. The van der Waals surface area contributed by atoms with Crippen LogP contribution in [0.3, 0.4) is 0 Å². The minimum Gasteiger partial charge on any atom is -0.352 e. The van der Waals surface area contributed by atoms with Crippen molar-refractivity contribution in [3.63, 3.8) is 0 Å². The molecule has 0 fully saturated rings. The fourth-order valence-corrected chi connectivity index (χ4v) is 3.20. The molecule has 1 amide bonds. The van der Waals surface area contributed by atoms with Crippen LogP contribution in [0.1, 0.15) is 23.4 Å². The van der Waals surface area contributed by atoms with Crippen LogP contribution in [0.2, 0.25) is 0 Å². The van der Waals surface area contributed by atoms with Crippen LogP contribution < -0.4 is 5.32 Å². The maximum absolute atomic E-state index is 12.1. The van der Waals surface area contributed by atoms with Crippen LogP contribution in [0.15, 0.2) is 67.1 Å². The summed E-state index contributed by atoms with van der Waals surface area (Å²) in [6, 6.07) is 15.9. The number of aromatic nitrogens is 4. The molecule has 3 heterocycles. The van der Waals surface area contributed by atoms with Gasteiger partial charge in [0.15, 0.2) is 5.65 Å². The lowest BCUT2D eigenvalue weighted by Gasteiger charge is -2.08. The zero-order valence-electron chi connectivity index (χ0n) is 15.7. The van der Waals surface area contributed by atoms with Crippen LogP contribution >= 0.6 is 0 Å². The third-order valence-corrected chi connectivity index (χ3v) is 4.63. The van der Waals surface area contributed by atoms with Gasteiger partial charge in [0.05, 0.1) is 0 Å². The highest BCUT2D eigenvalue weighted by molar-refractivity contribution is 5.76. The predicted octanol–water partition coefficient (Wildman–Crippen LogP) is 3.37. The Balaban J connectivity index is 1.38. The third kappa shape index (κ3) is 3.91. The summed E-state index contributed by atoms with van der Waals surface area (Å²) < 4.78 is 2.04. The Morgan fingerprint density at radius 2 is 1.86 bits per heavy atom. The summed E-state index contributed by atoms with van der Waals surface area (Å²) in [5.41, 5.74) is 4.87. The lowest BCUT2D eigenvalue weighted by atomic mass is 10.1. The Kier molecular flexibility index (Phi) is 5.10. The second kappa shape index (κ2) is 8.00. The number of imidazole rings is 1. The first-order chi connectivity index (χ1) is 13.7. The second-order valence-electron chi connectivity index (χ2n) is 6.65. The van der Waals surface area contributed by atoms with Crippen LogP contribution in [0, 0.1) is 6.92 Å². The SMILES string of the molecule is Cc1nc2cccnc2n1-c1ccc(CCC(=O)NCc2cccnc2)cc1. The van der Waals surface area contributed by atoms with Gasteiger partial charge in [-0.15, -0.1) is 0 Å². The molecule has 1 N–H and O–H groups in total. The van der Waals surface area contributed by atoms with Gasteiger partial charge in [0, 0.05) is 37.2 Å². The summed E-state index contributed by atoms with van der Waals surface area (Å²) in [7, 11) is 0. The Bertz CT molecular complexity index is 1090. The van der Waals surface area contributed by atoms with Crippen molar-refractivity contribution in [3.05, 3.63) is 84.1 Å². The first-order valence-electron chi connectivity index (χ1n) is 9.26. The molecule has 0 aliphatic heterocycles. The van der Waals surface area contributed by atoms with E-state index >= 15 is 0 Å². The summed E-state index contributed by atoms with van der Waals surface area (Å²) in [6.45, 7) is 2.48. The van der Waals surface area contributed by atoms with Crippen LogP contribution in [-0.2, 0) is 17.8 Å². The van der Waals surface area contributed by atoms with Crippen molar-refractivity contribution in [1.29, 1.82) is 0 Å². The van der Waals surface area contributed by atoms with Crippen LogP contribution in [0.25, 0.3) is 16.9 Å². The summed E-state index contributed by atoms with van der Waals surface area (Å²) in [6.07, 6.45) is 6.41. The average Bonchev–Trinajstić information content (AvgIpc) is 3.07. The number of fused-ring (bicyclic) bond motifs is 1. The number of rotatable bonds is 6. The van der Waals surface area contributed by atoms with Crippen molar-refractivity contribution >= 4 is 17.1 Å². The molecule has 0 radical (unpaired) electrons. The number of carbonyl (C=O) groups is 1. The third-order valence-electron chi connectivity index (χ3n) is 4.63. The Morgan fingerprint density at radius 3 is 2.64 bits per heavy atom. The van der Waals surface area contributed by atoms with Gasteiger partial charge in [0.1, 0.15) is 11.3 Å². The number of pyridine rings is 2. The van der Waals surface area contributed by atoms with E-state index in [0.717, 1.165) is 33.8 Å². The molecule has 0 unspecified atom stereocenters. The molecule has 0 aliphatic rings. The number of amides is 1. The highest BCUT2D eigenvalue weighted by Gasteiger charge is 2.10. The molecule has 0 bridgehead atoms. The molecule has 140 valence electrons. The summed E-state index contributed by atoms with van der Waals surface area (Å²) in [5.74, 6) is 0.935. The average molecular weight is 371 g/mol. The summed E-state index contributed by atoms with van der Waals surface area (Å²) in [4.78, 5) is 25.1. The highest BCUT2D eigenvalue weighted by Crippen LogP contribution is 2.20. The number of aryl methyl sites for hydroxylation is 2. The molecule has 4 aromatic rings. The van der Waals surface area contributed by atoms with Crippen molar-refractivity contribution in [2.24, 2.45) is 0 Å². The fourth-order valence-electron chi connectivity index (χ4n) is 3.20. The topological polar surface area (TPSA) is 72.7 Å². The number of benzene rings is 1. The number of carbonyl (C=O) groups excluding carboxylic acids is 1. The fraction of sp³-hybridized carbons (Fsp3) is 0.182. The maximum Gasteiger partial charge on any atom is 0.220 e. The molecule has 0 atom stereocenters. The number of nitrogens with zero attached hydrogens (tertiary/aromatic N) is 4. The first kappa shape index (κ1) is 17.9. The highest BCUT2D eigenvalue weighted by atomic mass is 16.1. The first-order valence-corrected chi connectivity index (χ1v) is 9.26. The van der Waals surface area contributed by atoms with E-state index in [-0.39, 0.29) is 5.91 Å². The number of nitrogens with one attached hydrogen (secondary N) is 1. The van der Waals surface area contributed by atoms with Crippen molar-refractivity contribution in [1.82, 2.24) is 24.8 Å². The molecule has 3 aromatic heterocycles. The van der Waals surface area contributed by atoms with E-state index in [4.69, 9.17) is 0 Å². The molecule has 4 rings (SSSR count). The van der Waals surface area contributed by atoms with Crippen molar-refractivity contribution in [2.75, 3.05) is 0 Å². The molecule has 6 heteroatoms. The van der Waals surface area contributed by atoms with E-state index in [2.05, 4.69) is 32.4 Å². The van der Waals surface area contributed by atoms with Gasteiger partial charge in [0.2, 0.25) is 5.91 Å². The smallest absolute Gasteiger partial charge is 0.220 e. The molecule has 28 heavy (non-hydrogen) atoms. The largest absolute Gasteiger partial charge is 0.352 e. The van der Waals surface area contributed by atoms with E-state index in [1.165, 1.54) is 0 Å². The van der Waals surface area contributed by atoms with Crippen molar-refractivity contribution < 1.29 is 4.79 Å². The van der Waals surface area contributed by atoms with Crippen molar-refractivity contribution in [2.45, 2.75) is 26.3 Å². The van der Waals surface area contributed by atoms with Gasteiger partial charge in [-0.2, -0.15) is 0 Å². The number of hydrogen-bond donors (Lipinski definition) is 1. The van der Waals surface area contributed by atoms with Gasteiger partial charge in [0.25, 0.3) is 0 Å². The van der Waals surface area contributed by atoms with Crippen LogP contribution in [-0.4, -0.2) is 25.4 Å². The van der Waals surface area contributed by atoms with Gasteiger partial charge in [-0.1, -0.05) is 18.2 Å². The van der Waals surface area contributed by atoms with Gasteiger partial charge in [-0.3, -0.25) is 14.3 Å². The quantitative estimate of drug-likeness (QED) is 0.564. The van der Waals surface area contributed by atoms with E-state index in [0.29, 0.717) is 19.4 Å². The summed E-state index contributed by atoms with van der Waals surface area (Å²) in [5, 5.41) is 2.93. The van der Waals surface area contributed by atoms with Gasteiger partial charge in [-0.25, -0.2) is 9.97 Å². The molecule has 0 aliphatic carbocycles. The predicted molar refractivity (Wildman–Crippen MR) is 108 cm³/mol. The van der Waals surface area contributed by atoms with Gasteiger partial charge < -0.3 is 5.32 Å². The minimum atomic E-state index is 0.0357. The standard InChI is InChI=1S/C22H21N5O/c1-16-26-20-5-3-13-24-22(20)27(16)19-9-6-17(7-10-19)8-11-21(28)25-15-18-4-2-12-23-14-18/h2-7,9-10,12-14H,8,11,15H2,1H3,(H,25,28). The zero-order valence-corrected chi connectivity index (χ0v) is 15.7. The normalized spacial score (nSPS) is 10.9. The van der Waals surface area contributed by atoms with Crippen molar-refractivity contribution in [3.8, 4) is 5.69 Å². The van der Waals surface area contributed by atoms with E-state index < -0.39 is 0 Å². The van der Waals surface area contributed by atoms with Gasteiger partial charge in [-0.05, 0) is 54.8 Å². The van der Waals surface area contributed by atoms with Crippen LogP contribution in [0.5, 0.6) is 0 Å². The molecular formula is C22H21N5O. The molecular weight excluding hydrogens is 350 g/mol. The molecule has 0 saturated carbocycles.